The van der Waals surface area contributed by atoms with Gasteiger partial charge in [-0.3, -0.25) is 5.32 Å². The summed E-state index contributed by atoms with van der Waals surface area (Å²) in [6.07, 6.45) is 0.793. The van der Waals surface area contributed by atoms with E-state index in [1.807, 2.05) is 0 Å². The van der Waals surface area contributed by atoms with Gasteiger partial charge in [-0.2, -0.15) is 0 Å². The Hall–Kier alpha value is -2.49. The van der Waals surface area contributed by atoms with Gasteiger partial charge in [0, 0.05) is 12.6 Å². The van der Waals surface area contributed by atoms with Crippen LogP contribution in [-0.4, -0.2) is 29.3 Å². The third-order valence-corrected chi connectivity index (χ3v) is 19.6. The second-order valence-electron chi connectivity index (χ2n) is 15.6. The molecular weight excluding hydrogens is 663 g/mol. The van der Waals surface area contributed by atoms with Gasteiger partial charge in [-0.05, 0) is 93.0 Å². The van der Waals surface area contributed by atoms with Gasteiger partial charge in [-0.1, -0.05) is 139 Å². The lowest BCUT2D eigenvalue weighted by Gasteiger charge is -2.42. The predicted octanol–water partition coefficient (Wildman–Crippen LogP) is 11.3. The Balaban J connectivity index is 1.81. The van der Waals surface area contributed by atoms with Gasteiger partial charge in [-0.15, -0.1) is 0 Å². The normalized spacial score (nSPS) is 13.8. The molecule has 0 aliphatic heterocycles. The largest absolute Gasteiger partial charge is 0.543 e. The summed E-state index contributed by atoms with van der Waals surface area (Å²) in [5.74, 6) is 0.921. The molecule has 4 aromatic rings. The summed E-state index contributed by atoms with van der Waals surface area (Å²) >= 11 is 3.88. The quantitative estimate of drug-likeness (QED) is 0.117. The maximum Gasteiger partial charge on any atom is 0.250 e. The zero-order chi connectivity index (χ0) is 33.8. The summed E-state index contributed by atoms with van der Waals surface area (Å²) in [6, 6.07) is 39.1. The fourth-order valence-corrected chi connectivity index (χ4v) is 8.01. The van der Waals surface area contributed by atoms with Crippen molar-refractivity contribution in [1.82, 2.24) is 5.32 Å². The number of nitrogens with one attached hydrogen (secondary N) is 1. The van der Waals surface area contributed by atoms with Crippen molar-refractivity contribution in [2.75, 3.05) is 6.61 Å². The molecule has 0 saturated heterocycles. The molecule has 6 heteroatoms. The Kier molecular flexibility index (Phi) is 11.3. The highest BCUT2D eigenvalue weighted by atomic mass is 79.9. The lowest BCUT2D eigenvalue weighted by atomic mass is 9.76. The molecule has 1 atom stereocenters. The molecular formula is C40H54BrNO2Si2. The van der Waals surface area contributed by atoms with E-state index in [1.54, 1.807) is 0 Å². The van der Waals surface area contributed by atoms with Gasteiger partial charge in [-0.25, -0.2) is 0 Å². The molecule has 0 aliphatic rings. The first kappa shape index (κ1) is 36.4. The van der Waals surface area contributed by atoms with Crippen molar-refractivity contribution in [3.8, 4) is 5.75 Å². The topological polar surface area (TPSA) is 30.5 Å². The Bertz CT molecular complexity index is 1450. The van der Waals surface area contributed by atoms with E-state index < -0.39 is 22.2 Å². The highest BCUT2D eigenvalue weighted by Crippen LogP contribution is 2.41. The van der Waals surface area contributed by atoms with Gasteiger partial charge >= 0.3 is 0 Å². The van der Waals surface area contributed by atoms with Crippen molar-refractivity contribution in [1.29, 1.82) is 0 Å². The summed E-state index contributed by atoms with van der Waals surface area (Å²) in [4.78, 5) is 0. The standard InChI is InChI=1S/C40H54BrNO2Si2/c1-38(2,3)45(7,8)43-30-35(28-31-26-27-37(36(41)29-31)44-46(9,10)39(4,5)6)42-40(32-20-14-11-15-21-32,33-22-16-12-17-23-33)34-24-18-13-19-25-34/h11-27,29,35,42H,28,30H2,1-10H3/t35-/m0/s1. The highest BCUT2D eigenvalue weighted by Gasteiger charge is 2.42. The molecule has 0 saturated carbocycles. The van der Waals surface area contributed by atoms with Crippen LogP contribution in [0.2, 0.25) is 36.3 Å². The van der Waals surface area contributed by atoms with Crippen molar-refractivity contribution >= 4 is 32.6 Å². The van der Waals surface area contributed by atoms with Crippen LogP contribution in [0.25, 0.3) is 0 Å². The Morgan fingerprint density at radius 2 is 1.07 bits per heavy atom. The molecule has 0 spiro atoms. The number of hydrogen-bond donors (Lipinski definition) is 1. The summed E-state index contributed by atoms with van der Waals surface area (Å²) in [5.41, 5.74) is 4.24. The molecule has 0 aromatic heterocycles. The maximum absolute atomic E-state index is 6.98. The molecule has 0 radical (unpaired) electrons. The Morgan fingerprint density at radius 1 is 0.630 bits per heavy atom. The molecule has 0 fully saturated rings. The van der Waals surface area contributed by atoms with Crippen LogP contribution in [0, 0.1) is 0 Å². The molecule has 0 unspecified atom stereocenters. The number of hydrogen-bond acceptors (Lipinski definition) is 3. The summed E-state index contributed by atoms with van der Waals surface area (Å²) in [6.45, 7) is 23.6. The minimum absolute atomic E-state index is 0.00815. The molecule has 0 aliphatic carbocycles. The van der Waals surface area contributed by atoms with Crippen molar-refractivity contribution in [2.45, 2.75) is 95.8 Å². The second kappa shape index (κ2) is 14.3. The molecule has 0 heterocycles. The second-order valence-corrected chi connectivity index (χ2v) is 26.0. The van der Waals surface area contributed by atoms with Crippen molar-refractivity contribution in [3.05, 3.63) is 136 Å². The summed E-state index contributed by atoms with van der Waals surface area (Å²) in [5, 5.41) is 4.47. The Labute approximate surface area is 289 Å². The van der Waals surface area contributed by atoms with E-state index in [0.29, 0.717) is 6.61 Å². The third kappa shape index (κ3) is 8.32. The van der Waals surface area contributed by atoms with E-state index in [4.69, 9.17) is 8.85 Å². The summed E-state index contributed by atoms with van der Waals surface area (Å²) in [7, 11) is -4.01. The first-order chi connectivity index (χ1) is 21.5. The number of halogens is 1. The van der Waals surface area contributed by atoms with Gasteiger partial charge in [0.15, 0.2) is 8.32 Å². The van der Waals surface area contributed by atoms with Crippen LogP contribution >= 0.6 is 15.9 Å². The van der Waals surface area contributed by atoms with Crippen LogP contribution in [0.3, 0.4) is 0 Å². The van der Waals surface area contributed by atoms with Crippen LogP contribution < -0.4 is 9.74 Å². The van der Waals surface area contributed by atoms with Gasteiger partial charge in [0.1, 0.15) is 5.75 Å². The first-order valence-corrected chi connectivity index (χ1v) is 23.1. The van der Waals surface area contributed by atoms with Crippen LogP contribution in [0.5, 0.6) is 5.75 Å². The van der Waals surface area contributed by atoms with E-state index in [1.165, 1.54) is 22.3 Å². The van der Waals surface area contributed by atoms with Gasteiger partial charge < -0.3 is 8.85 Å². The van der Waals surface area contributed by atoms with Crippen LogP contribution in [0.1, 0.15) is 63.8 Å². The van der Waals surface area contributed by atoms with E-state index in [2.05, 4.69) is 198 Å². The fraction of sp³-hybridized carbons (Fsp3) is 0.400. The highest BCUT2D eigenvalue weighted by molar-refractivity contribution is 9.10. The van der Waals surface area contributed by atoms with Crippen molar-refractivity contribution in [3.63, 3.8) is 0 Å². The zero-order valence-corrected chi connectivity index (χ0v) is 33.2. The number of benzene rings is 4. The van der Waals surface area contributed by atoms with E-state index >= 15 is 0 Å². The molecule has 0 bridgehead atoms. The third-order valence-electron chi connectivity index (χ3n) is 10.1. The molecule has 1 N–H and O–H groups in total. The minimum Gasteiger partial charge on any atom is -0.543 e. The predicted molar refractivity (Wildman–Crippen MR) is 205 cm³/mol. The zero-order valence-electron chi connectivity index (χ0n) is 29.6. The van der Waals surface area contributed by atoms with E-state index in [9.17, 15) is 0 Å². The van der Waals surface area contributed by atoms with Crippen molar-refractivity contribution in [2.24, 2.45) is 0 Å². The Morgan fingerprint density at radius 3 is 1.46 bits per heavy atom. The average molecular weight is 717 g/mol. The molecule has 46 heavy (non-hydrogen) atoms. The molecule has 4 aromatic carbocycles. The molecule has 3 nitrogen and oxygen atoms in total. The maximum atomic E-state index is 6.98. The van der Waals surface area contributed by atoms with Crippen LogP contribution in [0.15, 0.2) is 114 Å². The van der Waals surface area contributed by atoms with E-state index in [-0.39, 0.29) is 16.1 Å². The first-order valence-electron chi connectivity index (χ1n) is 16.5. The smallest absolute Gasteiger partial charge is 0.250 e. The summed E-state index contributed by atoms with van der Waals surface area (Å²) < 4.78 is 14.7. The van der Waals surface area contributed by atoms with Gasteiger partial charge in [0.25, 0.3) is 8.32 Å². The monoisotopic (exact) mass is 715 g/mol. The van der Waals surface area contributed by atoms with Crippen LogP contribution in [-0.2, 0) is 16.4 Å². The lowest BCUT2D eigenvalue weighted by molar-refractivity contribution is 0.222. The lowest BCUT2D eigenvalue weighted by Crippen LogP contribution is -2.54. The fourth-order valence-electron chi connectivity index (χ4n) is 5.26. The molecule has 4 rings (SSSR count). The van der Waals surface area contributed by atoms with Crippen LogP contribution in [0.4, 0.5) is 0 Å². The van der Waals surface area contributed by atoms with Crippen molar-refractivity contribution < 1.29 is 8.85 Å². The minimum atomic E-state index is -2.03. The van der Waals surface area contributed by atoms with E-state index in [0.717, 1.165) is 16.6 Å². The van der Waals surface area contributed by atoms with Gasteiger partial charge in [0.05, 0.1) is 10.0 Å². The molecule has 0 amide bonds. The SMILES string of the molecule is CC(C)(C)[Si](C)(C)OC[C@H](Cc1ccc(O[Si](C)(C)C(C)(C)C)c(Br)c1)NC(c1ccccc1)(c1ccccc1)c1ccccc1. The molecule has 246 valence electrons. The number of rotatable bonds is 12. The average Bonchev–Trinajstić information content (AvgIpc) is 3.00. The van der Waals surface area contributed by atoms with Gasteiger partial charge in [0.2, 0.25) is 0 Å².